The van der Waals surface area contributed by atoms with E-state index < -0.39 is 22.7 Å². The van der Waals surface area contributed by atoms with Crippen molar-refractivity contribution in [3.63, 3.8) is 0 Å². The second-order valence-electron chi connectivity index (χ2n) is 5.95. The number of anilines is 1. The Labute approximate surface area is 162 Å². The number of rotatable bonds is 6. The van der Waals surface area contributed by atoms with Crippen molar-refractivity contribution in [2.75, 3.05) is 11.9 Å². The Bertz CT molecular complexity index is 1100. The fourth-order valence-electron chi connectivity index (χ4n) is 2.42. The number of halogens is 3. The van der Waals surface area contributed by atoms with Crippen molar-refractivity contribution in [1.29, 1.82) is 0 Å². The highest BCUT2D eigenvalue weighted by Gasteiger charge is 2.30. The quantitative estimate of drug-likeness (QED) is 0.627. The van der Waals surface area contributed by atoms with Crippen LogP contribution in [0.1, 0.15) is 11.4 Å². The number of thiazole rings is 1. The first-order valence-corrected chi connectivity index (χ1v) is 10.3. The molecule has 150 valence electrons. The van der Waals surface area contributed by atoms with Crippen LogP contribution in [-0.2, 0) is 21.2 Å². The van der Waals surface area contributed by atoms with Crippen LogP contribution in [0.2, 0.25) is 0 Å². The molecular formula is C16H15F3N4O3S2. The SMILES string of the molecule is Cc1cn2c(CC(=O)Nc3ccc(S(=O)(=O)NCC(F)(F)F)cc3)csc2n1. The number of amides is 1. The first-order chi connectivity index (χ1) is 13.0. The third-order valence-electron chi connectivity index (χ3n) is 3.66. The molecule has 2 aromatic heterocycles. The van der Waals surface area contributed by atoms with Gasteiger partial charge in [-0.1, -0.05) is 0 Å². The van der Waals surface area contributed by atoms with Crippen LogP contribution in [0.3, 0.4) is 0 Å². The molecule has 3 aromatic rings. The summed E-state index contributed by atoms with van der Waals surface area (Å²) < 4.78 is 63.5. The van der Waals surface area contributed by atoms with Gasteiger partial charge in [-0.05, 0) is 31.2 Å². The topological polar surface area (TPSA) is 92.6 Å². The third kappa shape index (κ3) is 4.88. The molecule has 0 bridgehead atoms. The minimum absolute atomic E-state index is 0.0863. The third-order valence-corrected chi connectivity index (χ3v) is 5.96. The second-order valence-corrected chi connectivity index (χ2v) is 8.55. The number of alkyl halides is 3. The molecule has 0 unspecified atom stereocenters. The summed E-state index contributed by atoms with van der Waals surface area (Å²) in [5.41, 5.74) is 1.92. The highest BCUT2D eigenvalue weighted by Crippen LogP contribution is 2.19. The lowest BCUT2D eigenvalue weighted by molar-refractivity contribution is -0.121. The van der Waals surface area contributed by atoms with Crippen molar-refractivity contribution in [1.82, 2.24) is 14.1 Å². The van der Waals surface area contributed by atoms with E-state index in [4.69, 9.17) is 0 Å². The predicted molar refractivity (Wildman–Crippen MR) is 97.8 cm³/mol. The number of hydrogen-bond donors (Lipinski definition) is 2. The number of sulfonamides is 1. The minimum atomic E-state index is -4.65. The average molecular weight is 432 g/mol. The van der Waals surface area contributed by atoms with Crippen molar-refractivity contribution in [3.8, 4) is 0 Å². The van der Waals surface area contributed by atoms with E-state index in [0.717, 1.165) is 28.5 Å². The maximum atomic E-state index is 12.2. The number of aromatic nitrogens is 2. The van der Waals surface area contributed by atoms with Crippen LogP contribution in [0.4, 0.5) is 18.9 Å². The molecule has 2 N–H and O–H groups in total. The van der Waals surface area contributed by atoms with E-state index in [1.807, 2.05) is 22.9 Å². The Morgan fingerprint density at radius 3 is 2.57 bits per heavy atom. The molecule has 0 atom stereocenters. The van der Waals surface area contributed by atoms with E-state index in [0.29, 0.717) is 5.69 Å². The van der Waals surface area contributed by atoms with Crippen LogP contribution in [0.25, 0.3) is 4.96 Å². The van der Waals surface area contributed by atoms with E-state index in [9.17, 15) is 26.4 Å². The molecule has 0 saturated heterocycles. The van der Waals surface area contributed by atoms with Gasteiger partial charge in [0.05, 0.1) is 17.0 Å². The van der Waals surface area contributed by atoms with E-state index >= 15 is 0 Å². The van der Waals surface area contributed by atoms with Gasteiger partial charge in [0.15, 0.2) is 4.96 Å². The molecule has 0 spiro atoms. The van der Waals surface area contributed by atoms with Gasteiger partial charge in [-0.15, -0.1) is 11.3 Å². The molecule has 0 fully saturated rings. The molecule has 2 heterocycles. The lowest BCUT2D eigenvalue weighted by atomic mass is 10.3. The number of carbonyl (C=O) groups is 1. The standard InChI is InChI=1S/C16H15F3N4O3S2/c1-10-7-23-12(8-27-15(23)21-10)6-14(24)22-11-2-4-13(5-3-11)28(25,26)20-9-16(17,18)19/h2-5,7-8,20H,6,9H2,1H3,(H,22,24). The van der Waals surface area contributed by atoms with E-state index in [2.05, 4.69) is 10.3 Å². The van der Waals surface area contributed by atoms with Gasteiger partial charge in [0.2, 0.25) is 15.9 Å². The fourth-order valence-corrected chi connectivity index (χ4v) is 4.35. The molecule has 28 heavy (non-hydrogen) atoms. The molecule has 12 heteroatoms. The zero-order valence-corrected chi connectivity index (χ0v) is 16.1. The van der Waals surface area contributed by atoms with Gasteiger partial charge < -0.3 is 5.32 Å². The van der Waals surface area contributed by atoms with Crippen LogP contribution < -0.4 is 10.0 Å². The van der Waals surface area contributed by atoms with Crippen molar-refractivity contribution >= 4 is 37.9 Å². The van der Waals surface area contributed by atoms with Crippen LogP contribution in [0, 0.1) is 6.92 Å². The molecular weight excluding hydrogens is 417 g/mol. The van der Waals surface area contributed by atoms with Crippen molar-refractivity contribution < 1.29 is 26.4 Å². The molecule has 0 aliphatic rings. The average Bonchev–Trinajstić information content (AvgIpc) is 3.13. The monoisotopic (exact) mass is 432 g/mol. The Morgan fingerprint density at radius 2 is 1.93 bits per heavy atom. The number of hydrogen-bond acceptors (Lipinski definition) is 5. The maximum absolute atomic E-state index is 12.2. The lowest BCUT2D eigenvalue weighted by Crippen LogP contribution is -2.33. The summed E-state index contributed by atoms with van der Waals surface area (Å²) in [5.74, 6) is -0.322. The maximum Gasteiger partial charge on any atom is 0.402 e. The molecule has 3 rings (SSSR count). The number of benzene rings is 1. The lowest BCUT2D eigenvalue weighted by Gasteiger charge is -2.10. The number of nitrogens with zero attached hydrogens (tertiary/aromatic N) is 2. The molecule has 0 saturated carbocycles. The molecule has 7 nitrogen and oxygen atoms in total. The van der Waals surface area contributed by atoms with Crippen LogP contribution in [0.5, 0.6) is 0 Å². The summed E-state index contributed by atoms with van der Waals surface area (Å²) in [5, 5.41) is 4.45. The van der Waals surface area contributed by atoms with E-state index in [1.54, 1.807) is 0 Å². The van der Waals surface area contributed by atoms with Gasteiger partial charge in [-0.2, -0.15) is 13.2 Å². The van der Waals surface area contributed by atoms with Gasteiger partial charge >= 0.3 is 6.18 Å². The number of fused-ring (bicyclic) bond motifs is 1. The summed E-state index contributed by atoms with van der Waals surface area (Å²) in [6, 6.07) is 4.86. The van der Waals surface area contributed by atoms with Crippen LogP contribution in [-0.4, -0.2) is 36.4 Å². The van der Waals surface area contributed by atoms with Crippen molar-refractivity contribution in [3.05, 3.63) is 47.2 Å². The summed E-state index contributed by atoms with van der Waals surface area (Å²) >= 11 is 1.41. The minimum Gasteiger partial charge on any atom is -0.326 e. The summed E-state index contributed by atoms with van der Waals surface area (Å²) in [4.78, 5) is 17.0. The van der Waals surface area contributed by atoms with Crippen molar-refractivity contribution in [2.45, 2.75) is 24.4 Å². The van der Waals surface area contributed by atoms with E-state index in [-0.39, 0.29) is 17.2 Å². The van der Waals surface area contributed by atoms with Gasteiger partial charge in [0, 0.05) is 23.0 Å². The number of nitrogens with one attached hydrogen (secondary N) is 2. The number of carbonyl (C=O) groups excluding carboxylic acids is 1. The van der Waals surface area contributed by atoms with Gasteiger partial charge in [-0.25, -0.2) is 18.1 Å². The highest BCUT2D eigenvalue weighted by molar-refractivity contribution is 7.89. The van der Waals surface area contributed by atoms with Gasteiger partial charge in [-0.3, -0.25) is 9.20 Å². The smallest absolute Gasteiger partial charge is 0.326 e. The van der Waals surface area contributed by atoms with Crippen LogP contribution in [0.15, 0.2) is 40.7 Å². The summed E-state index contributed by atoms with van der Waals surface area (Å²) in [6.07, 6.45) is -2.74. The normalized spacial score (nSPS) is 12.4. The van der Waals surface area contributed by atoms with Crippen molar-refractivity contribution in [2.24, 2.45) is 0 Å². The number of imidazole rings is 1. The first-order valence-electron chi connectivity index (χ1n) is 7.92. The zero-order chi connectivity index (χ0) is 20.5. The predicted octanol–water partition coefficient (Wildman–Crippen LogP) is 2.73. The molecule has 1 amide bonds. The Hall–Kier alpha value is -2.44. The second kappa shape index (κ2) is 7.53. The first kappa shape index (κ1) is 20.3. The van der Waals surface area contributed by atoms with Gasteiger partial charge in [0.25, 0.3) is 0 Å². The molecule has 0 radical (unpaired) electrons. The highest BCUT2D eigenvalue weighted by atomic mass is 32.2. The summed E-state index contributed by atoms with van der Waals surface area (Å²) in [6.45, 7) is 0.194. The Balaban J connectivity index is 1.64. The van der Waals surface area contributed by atoms with E-state index in [1.165, 1.54) is 28.2 Å². The largest absolute Gasteiger partial charge is 0.402 e. The number of aryl methyl sites for hydroxylation is 1. The van der Waals surface area contributed by atoms with Gasteiger partial charge in [0.1, 0.15) is 6.54 Å². The fraction of sp³-hybridized carbons (Fsp3) is 0.250. The molecule has 1 aromatic carbocycles. The van der Waals surface area contributed by atoms with Crippen LogP contribution >= 0.6 is 11.3 Å². The Kier molecular flexibility index (Phi) is 5.46. The summed E-state index contributed by atoms with van der Waals surface area (Å²) in [7, 11) is -4.29. The Morgan fingerprint density at radius 1 is 1.25 bits per heavy atom. The molecule has 0 aliphatic heterocycles. The zero-order valence-electron chi connectivity index (χ0n) is 14.4. The molecule has 0 aliphatic carbocycles.